The van der Waals surface area contributed by atoms with Crippen LogP contribution in [0.5, 0.6) is 0 Å². The molecule has 0 saturated carbocycles. The summed E-state index contributed by atoms with van der Waals surface area (Å²) >= 11 is 0. The first kappa shape index (κ1) is 15.5. The van der Waals surface area contributed by atoms with E-state index in [0.717, 1.165) is 19.0 Å². The smallest absolute Gasteiger partial charge is 0.0945 e. The van der Waals surface area contributed by atoms with Crippen molar-refractivity contribution >= 4 is 0 Å². The van der Waals surface area contributed by atoms with E-state index in [1.165, 1.54) is 32.4 Å². The van der Waals surface area contributed by atoms with Crippen molar-refractivity contribution in [2.24, 2.45) is 5.92 Å². The first-order valence-electron chi connectivity index (χ1n) is 8.17. The molecule has 0 bridgehead atoms. The molecule has 4 nitrogen and oxygen atoms in total. The van der Waals surface area contributed by atoms with Gasteiger partial charge < -0.3 is 9.88 Å². The Bertz CT molecular complexity index is 363. The van der Waals surface area contributed by atoms with Crippen LogP contribution in [0.3, 0.4) is 0 Å². The van der Waals surface area contributed by atoms with Crippen molar-refractivity contribution in [1.29, 1.82) is 0 Å². The molecule has 0 amide bonds. The van der Waals surface area contributed by atoms with Crippen LogP contribution in [0, 0.1) is 5.92 Å². The highest BCUT2D eigenvalue weighted by molar-refractivity contribution is 4.87. The number of imidazole rings is 1. The molecular weight excluding hydrogens is 248 g/mol. The Hall–Kier alpha value is -0.870. The summed E-state index contributed by atoms with van der Waals surface area (Å²) in [5.41, 5.74) is 0. The number of piperazine rings is 1. The van der Waals surface area contributed by atoms with Gasteiger partial charge in [-0.25, -0.2) is 4.98 Å². The second-order valence-electron chi connectivity index (χ2n) is 6.11. The highest BCUT2D eigenvalue weighted by atomic mass is 15.2. The van der Waals surface area contributed by atoms with E-state index in [2.05, 4.69) is 46.7 Å². The fourth-order valence-corrected chi connectivity index (χ4v) is 3.10. The molecule has 114 valence electrons. The number of nitrogens with one attached hydrogen (secondary N) is 1. The van der Waals surface area contributed by atoms with Gasteiger partial charge in [-0.3, -0.25) is 4.90 Å². The molecule has 1 aliphatic rings. The summed E-state index contributed by atoms with van der Waals surface area (Å²) in [4.78, 5) is 6.80. The van der Waals surface area contributed by atoms with E-state index in [1.54, 1.807) is 0 Å². The van der Waals surface area contributed by atoms with E-state index in [1.807, 2.05) is 12.5 Å². The molecule has 1 aliphatic heterocycles. The molecule has 20 heavy (non-hydrogen) atoms. The summed E-state index contributed by atoms with van der Waals surface area (Å²) in [6.07, 6.45) is 9.54. The van der Waals surface area contributed by atoms with Crippen molar-refractivity contribution in [1.82, 2.24) is 19.8 Å². The SMILES string of the molecule is CCC(C)C1CN(CCCn2ccnc2)C(CC)CN1. The molecule has 3 unspecified atom stereocenters. The van der Waals surface area contributed by atoms with Crippen LogP contribution in [-0.4, -0.2) is 46.2 Å². The minimum Gasteiger partial charge on any atom is -0.337 e. The van der Waals surface area contributed by atoms with Gasteiger partial charge in [0.05, 0.1) is 6.33 Å². The van der Waals surface area contributed by atoms with Gasteiger partial charge in [-0.2, -0.15) is 0 Å². The molecule has 2 rings (SSSR count). The number of hydrogen-bond acceptors (Lipinski definition) is 3. The molecule has 1 aromatic heterocycles. The summed E-state index contributed by atoms with van der Waals surface area (Å²) in [5, 5.41) is 3.75. The Morgan fingerprint density at radius 3 is 2.85 bits per heavy atom. The van der Waals surface area contributed by atoms with Gasteiger partial charge in [0.25, 0.3) is 0 Å². The second-order valence-corrected chi connectivity index (χ2v) is 6.11. The van der Waals surface area contributed by atoms with Gasteiger partial charge in [0.2, 0.25) is 0 Å². The number of hydrogen-bond donors (Lipinski definition) is 1. The predicted molar refractivity (Wildman–Crippen MR) is 83.7 cm³/mol. The minimum absolute atomic E-state index is 0.663. The van der Waals surface area contributed by atoms with Crippen molar-refractivity contribution in [3.63, 3.8) is 0 Å². The van der Waals surface area contributed by atoms with Gasteiger partial charge in [-0.1, -0.05) is 27.2 Å². The third kappa shape index (κ3) is 4.06. The quantitative estimate of drug-likeness (QED) is 0.831. The average molecular weight is 278 g/mol. The van der Waals surface area contributed by atoms with Gasteiger partial charge in [0, 0.05) is 50.7 Å². The summed E-state index contributed by atoms with van der Waals surface area (Å²) in [6, 6.07) is 1.37. The van der Waals surface area contributed by atoms with Gasteiger partial charge in [-0.15, -0.1) is 0 Å². The minimum atomic E-state index is 0.663. The molecule has 0 radical (unpaired) electrons. The molecule has 3 atom stereocenters. The second kappa shape index (κ2) is 7.79. The van der Waals surface area contributed by atoms with Crippen LogP contribution in [-0.2, 0) is 6.54 Å². The van der Waals surface area contributed by atoms with Crippen LogP contribution in [0.15, 0.2) is 18.7 Å². The van der Waals surface area contributed by atoms with Crippen molar-refractivity contribution in [2.75, 3.05) is 19.6 Å². The molecular formula is C16H30N4. The maximum Gasteiger partial charge on any atom is 0.0945 e. The highest BCUT2D eigenvalue weighted by Crippen LogP contribution is 2.17. The highest BCUT2D eigenvalue weighted by Gasteiger charge is 2.28. The van der Waals surface area contributed by atoms with E-state index in [-0.39, 0.29) is 0 Å². The van der Waals surface area contributed by atoms with Crippen molar-refractivity contribution < 1.29 is 0 Å². The standard InChI is InChI=1S/C16H30N4/c1-4-14(3)16-12-20(15(5-2)11-18-16)9-6-8-19-10-7-17-13-19/h7,10,13-16,18H,4-6,8-9,11-12H2,1-3H3. The summed E-state index contributed by atoms with van der Waals surface area (Å²) in [6.45, 7) is 11.6. The van der Waals surface area contributed by atoms with Crippen molar-refractivity contribution in [3.8, 4) is 0 Å². The van der Waals surface area contributed by atoms with Crippen molar-refractivity contribution in [3.05, 3.63) is 18.7 Å². The Morgan fingerprint density at radius 2 is 2.20 bits per heavy atom. The maximum absolute atomic E-state index is 4.10. The van der Waals surface area contributed by atoms with Crippen LogP contribution >= 0.6 is 0 Å². The first-order chi connectivity index (χ1) is 9.74. The number of nitrogens with zero attached hydrogens (tertiary/aromatic N) is 3. The summed E-state index contributed by atoms with van der Waals surface area (Å²) in [5.74, 6) is 0.768. The normalized spacial score (nSPS) is 25.8. The zero-order valence-electron chi connectivity index (χ0n) is 13.3. The van der Waals surface area contributed by atoms with E-state index in [4.69, 9.17) is 0 Å². The Kier molecular flexibility index (Phi) is 6.05. The van der Waals surface area contributed by atoms with E-state index < -0.39 is 0 Å². The lowest BCUT2D eigenvalue weighted by Crippen LogP contribution is -2.58. The third-order valence-electron chi connectivity index (χ3n) is 4.79. The fourth-order valence-electron chi connectivity index (χ4n) is 3.10. The van der Waals surface area contributed by atoms with E-state index in [0.29, 0.717) is 12.1 Å². The first-order valence-corrected chi connectivity index (χ1v) is 8.17. The third-order valence-corrected chi connectivity index (χ3v) is 4.79. The number of rotatable bonds is 7. The molecule has 1 fully saturated rings. The lowest BCUT2D eigenvalue weighted by Gasteiger charge is -2.42. The van der Waals surface area contributed by atoms with Gasteiger partial charge >= 0.3 is 0 Å². The Morgan fingerprint density at radius 1 is 1.35 bits per heavy atom. The van der Waals surface area contributed by atoms with E-state index >= 15 is 0 Å². The molecule has 0 spiro atoms. The van der Waals surface area contributed by atoms with Gasteiger partial charge in [0.15, 0.2) is 0 Å². The monoisotopic (exact) mass is 278 g/mol. The summed E-state index contributed by atoms with van der Waals surface area (Å²) < 4.78 is 2.18. The summed E-state index contributed by atoms with van der Waals surface area (Å²) in [7, 11) is 0. The number of aromatic nitrogens is 2. The van der Waals surface area contributed by atoms with Gasteiger partial charge in [-0.05, 0) is 18.8 Å². The Labute approximate surface area is 123 Å². The lowest BCUT2D eigenvalue weighted by atomic mass is 9.95. The predicted octanol–water partition coefficient (Wildman–Crippen LogP) is 2.37. The van der Waals surface area contributed by atoms with Gasteiger partial charge in [0.1, 0.15) is 0 Å². The molecule has 1 N–H and O–H groups in total. The zero-order chi connectivity index (χ0) is 14.4. The molecule has 0 aliphatic carbocycles. The molecule has 2 heterocycles. The van der Waals surface area contributed by atoms with Crippen LogP contribution in [0.4, 0.5) is 0 Å². The van der Waals surface area contributed by atoms with Crippen LogP contribution in [0.1, 0.15) is 40.0 Å². The molecule has 1 saturated heterocycles. The lowest BCUT2D eigenvalue weighted by molar-refractivity contribution is 0.104. The Balaban J connectivity index is 1.82. The maximum atomic E-state index is 4.10. The molecule has 0 aromatic carbocycles. The fraction of sp³-hybridized carbons (Fsp3) is 0.812. The van der Waals surface area contributed by atoms with Crippen molar-refractivity contribution in [2.45, 2.75) is 58.7 Å². The van der Waals surface area contributed by atoms with Crippen LogP contribution < -0.4 is 5.32 Å². The largest absolute Gasteiger partial charge is 0.337 e. The molecule has 1 aromatic rings. The molecule has 4 heteroatoms. The van der Waals surface area contributed by atoms with Crippen LogP contribution in [0.2, 0.25) is 0 Å². The number of aryl methyl sites for hydroxylation is 1. The van der Waals surface area contributed by atoms with E-state index in [9.17, 15) is 0 Å². The average Bonchev–Trinajstić information content (AvgIpc) is 2.99. The zero-order valence-corrected chi connectivity index (χ0v) is 13.3. The van der Waals surface area contributed by atoms with Crippen LogP contribution in [0.25, 0.3) is 0 Å². The topological polar surface area (TPSA) is 33.1 Å².